The monoisotopic (exact) mass is 250 g/mol. The van der Waals surface area contributed by atoms with Crippen molar-refractivity contribution in [3.63, 3.8) is 0 Å². The molecule has 2 aromatic heterocycles. The maximum absolute atomic E-state index is 6.03. The zero-order valence-electron chi connectivity index (χ0n) is 10.0. The fourth-order valence-corrected chi connectivity index (χ4v) is 1.85. The number of aryl methyl sites for hydroxylation is 2. The van der Waals surface area contributed by atoms with Crippen LogP contribution in [0.25, 0.3) is 0 Å². The van der Waals surface area contributed by atoms with Gasteiger partial charge in [0.05, 0.1) is 6.54 Å². The molecule has 0 saturated carbocycles. The van der Waals surface area contributed by atoms with Crippen LogP contribution in [-0.2, 0) is 13.0 Å². The Labute approximate surface area is 106 Å². The van der Waals surface area contributed by atoms with Crippen molar-refractivity contribution in [3.05, 3.63) is 40.7 Å². The van der Waals surface area contributed by atoms with Gasteiger partial charge in [-0.2, -0.15) is 0 Å². The van der Waals surface area contributed by atoms with Gasteiger partial charge in [-0.3, -0.25) is 9.55 Å². The lowest BCUT2D eigenvalue weighted by Gasteiger charge is -2.07. The highest BCUT2D eigenvalue weighted by atomic mass is 35.5. The Morgan fingerprint density at radius 3 is 2.76 bits per heavy atom. The molecule has 0 bridgehead atoms. The predicted molar refractivity (Wildman–Crippen MR) is 67.1 cm³/mol. The van der Waals surface area contributed by atoms with Gasteiger partial charge in [0, 0.05) is 18.3 Å². The molecule has 2 rings (SSSR count). The number of aromatic nitrogens is 4. The smallest absolute Gasteiger partial charge is 0.225 e. The normalized spacial score (nSPS) is 10.8. The number of nitrogens with zero attached hydrogens (tertiary/aromatic N) is 4. The van der Waals surface area contributed by atoms with Crippen LogP contribution in [0.4, 0.5) is 0 Å². The third kappa shape index (κ3) is 2.82. The topological polar surface area (TPSA) is 43.6 Å². The molecule has 0 N–H and O–H groups in total. The Kier molecular flexibility index (Phi) is 3.74. The van der Waals surface area contributed by atoms with Crippen LogP contribution in [0.1, 0.15) is 30.4 Å². The molecule has 5 heteroatoms. The van der Waals surface area contributed by atoms with Crippen molar-refractivity contribution in [1.82, 2.24) is 19.7 Å². The second-order valence-corrected chi connectivity index (χ2v) is 4.37. The summed E-state index contributed by atoms with van der Waals surface area (Å²) >= 11 is 6.03. The second-order valence-electron chi connectivity index (χ2n) is 4.03. The summed E-state index contributed by atoms with van der Waals surface area (Å²) in [6.07, 6.45) is 3.78. The molecule has 17 heavy (non-hydrogen) atoms. The van der Waals surface area contributed by atoms with E-state index in [1.807, 2.05) is 29.8 Å². The highest BCUT2D eigenvalue weighted by molar-refractivity contribution is 6.28. The molecular formula is C12H15ClN4. The number of pyridine rings is 1. The molecular weight excluding hydrogens is 236 g/mol. The molecule has 0 spiro atoms. The number of hydrogen-bond donors (Lipinski definition) is 0. The van der Waals surface area contributed by atoms with Crippen molar-refractivity contribution in [2.24, 2.45) is 0 Å². The molecule has 0 amide bonds. The Hall–Kier alpha value is -1.42. The molecule has 0 saturated heterocycles. The molecule has 2 heterocycles. The Balaban J connectivity index is 2.22. The molecule has 0 radical (unpaired) electrons. The molecule has 0 atom stereocenters. The van der Waals surface area contributed by atoms with E-state index >= 15 is 0 Å². The first-order valence-corrected chi connectivity index (χ1v) is 6.07. The molecule has 0 aliphatic carbocycles. The van der Waals surface area contributed by atoms with Crippen molar-refractivity contribution in [3.8, 4) is 0 Å². The molecule has 2 aromatic rings. The molecule has 90 valence electrons. The van der Waals surface area contributed by atoms with E-state index in [2.05, 4.69) is 22.1 Å². The van der Waals surface area contributed by atoms with E-state index in [9.17, 15) is 0 Å². The third-order valence-electron chi connectivity index (χ3n) is 2.57. The number of hydrogen-bond acceptors (Lipinski definition) is 3. The summed E-state index contributed by atoms with van der Waals surface area (Å²) in [5, 5.41) is 8.43. The van der Waals surface area contributed by atoms with Gasteiger partial charge in [-0.05, 0) is 36.6 Å². The Morgan fingerprint density at radius 1 is 1.29 bits per heavy atom. The van der Waals surface area contributed by atoms with Crippen molar-refractivity contribution < 1.29 is 0 Å². The van der Waals surface area contributed by atoms with Gasteiger partial charge in [-0.15, -0.1) is 10.2 Å². The first kappa shape index (κ1) is 12.0. The van der Waals surface area contributed by atoms with Gasteiger partial charge in [-0.1, -0.05) is 13.0 Å². The van der Waals surface area contributed by atoms with Gasteiger partial charge in [-0.25, -0.2) is 0 Å². The highest BCUT2D eigenvalue weighted by Crippen LogP contribution is 2.13. The lowest BCUT2D eigenvalue weighted by atomic mass is 10.2. The maximum Gasteiger partial charge on any atom is 0.225 e. The first-order valence-electron chi connectivity index (χ1n) is 5.70. The van der Waals surface area contributed by atoms with Gasteiger partial charge in [0.25, 0.3) is 0 Å². The van der Waals surface area contributed by atoms with Crippen LogP contribution in [0.3, 0.4) is 0 Å². The van der Waals surface area contributed by atoms with Crippen LogP contribution in [0.5, 0.6) is 0 Å². The van der Waals surface area contributed by atoms with E-state index in [4.69, 9.17) is 11.6 Å². The third-order valence-corrected chi connectivity index (χ3v) is 2.85. The lowest BCUT2D eigenvalue weighted by molar-refractivity contribution is 0.703. The van der Waals surface area contributed by atoms with E-state index in [1.165, 1.54) is 0 Å². The summed E-state index contributed by atoms with van der Waals surface area (Å²) in [7, 11) is 0. The molecule has 0 aliphatic rings. The van der Waals surface area contributed by atoms with E-state index in [1.54, 1.807) is 0 Å². The fraction of sp³-hybridized carbons (Fsp3) is 0.417. The summed E-state index contributed by atoms with van der Waals surface area (Å²) < 4.78 is 1.93. The van der Waals surface area contributed by atoms with Crippen LogP contribution in [0.15, 0.2) is 18.3 Å². The SMILES string of the molecule is CCCc1nnc(Cl)n1Cc1ccc(C)nc1. The molecule has 4 nitrogen and oxygen atoms in total. The average molecular weight is 251 g/mol. The van der Waals surface area contributed by atoms with Crippen LogP contribution in [0, 0.1) is 6.92 Å². The van der Waals surface area contributed by atoms with Crippen molar-refractivity contribution in [2.45, 2.75) is 33.2 Å². The number of halogens is 1. The number of rotatable bonds is 4. The molecule has 0 fully saturated rings. The van der Waals surface area contributed by atoms with Crippen molar-refractivity contribution in [1.29, 1.82) is 0 Å². The summed E-state index contributed by atoms with van der Waals surface area (Å²) in [5.74, 6) is 0.929. The van der Waals surface area contributed by atoms with E-state index in [-0.39, 0.29) is 0 Å². The zero-order chi connectivity index (χ0) is 12.3. The zero-order valence-corrected chi connectivity index (χ0v) is 10.8. The first-order chi connectivity index (χ1) is 8.20. The minimum atomic E-state index is 0.439. The maximum atomic E-state index is 6.03. The van der Waals surface area contributed by atoms with Gasteiger partial charge in [0.15, 0.2) is 0 Å². The second kappa shape index (κ2) is 5.27. The molecule has 0 unspecified atom stereocenters. The van der Waals surface area contributed by atoms with Crippen LogP contribution >= 0.6 is 11.6 Å². The predicted octanol–water partition coefficient (Wildman–Crippen LogP) is 2.64. The summed E-state index contributed by atoms with van der Waals surface area (Å²) in [6.45, 7) is 4.76. The largest absolute Gasteiger partial charge is 0.297 e. The van der Waals surface area contributed by atoms with Gasteiger partial charge >= 0.3 is 0 Å². The minimum absolute atomic E-state index is 0.439. The Bertz CT molecular complexity index is 490. The quantitative estimate of drug-likeness (QED) is 0.838. The Morgan fingerprint density at radius 2 is 2.12 bits per heavy atom. The van der Waals surface area contributed by atoms with Crippen LogP contribution < -0.4 is 0 Å². The van der Waals surface area contributed by atoms with E-state index in [0.717, 1.165) is 29.9 Å². The highest BCUT2D eigenvalue weighted by Gasteiger charge is 2.09. The van der Waals surface area contributed by atoms with Gasteiger partial charge in [0.1, 0.15) is 5.82 Å². The lowest BCUT2D eigenvalue weighted by Crippen LogP contribution is -2.05. The summed E-state index contributed by atoms with van der Waals surface area (Å²) in [6, 6.07) is 4.04. The standard InChI is InChI=1S/C12H15ClN4/c1-3-4-11-15-16-12(13)17(11)8-10-6-5-9(2)14-7-10/h5-7H,3-4,8H2,1-2H3. The fourth-order valence-electron chi connectivity index (χ4n) is 1.65. The van der Waals surface area contributed by atoms with Gasteiger partial charge in [0.2, 0.25) is 5.28 Å². The minimum Gasteiger partial charge on any atom is -0.297 e. The van der Waals surface area contributed by atoms with Gasteiger partial charge < -0.3 is 0 Å². The van der Waals surface area contributed by atoms with E-state index in [0.29, 0.717) is 11.8 Å². The van der Waals surface area contributed by atoms with Crippen molar-refractivity contribution >= 4 is 11.6 Å². The van der Waals surface area contributed by atoms with Crippen molar-refractivity contribution in [2.75, 3.05) is 0 Å². The molecule has 0 aromatic carbocycles. The molecule has 0 aliphatic heterocycles. The summed E-state index contributed by atoms with van der Waals surface area (Å²) in [5.41, 5.74) is 2.12. The van der Waals surface area contributed by atoms with E-state index < -0.39 is 0 Å². The van der Waals surface area contributed by atoms with Crippen LogP contribution in [-0.4, -0.2) is 19.7 Å². The average Bonchev–Trinajstić information content (AvgIpc) is 2.65. The van der Waals surface area contributed by atoms with Crippen LogP contribution in [0.2, 0.25) is 5.28 Å². The summed E-state index contributed by atoms with van der Waals surface area (Å²) in [4.78, 5) is 4.27.